The van der Waals surface area contributed by atoms with Crippen LogP contribution >= 0.6 is 0 Å². The molecule has 0 aliphatic heterocycles. The van der Waals surface area contributed by atoms with Gasteiger partial charge in [0.05, 0.1) is 23.6 Å². The number of fused-ring (bicyclic) bond motifs is 1. The summed E-state index contributed by atoms with van der Waals surface area (Å²) in [6.07, 6.45) is 0. The van der Waals surface area contributed by atoms with Gasteiger partial charge < -0.3 is 26.2 Å². The Bertz CT molecular complexity index is 1260. The van der Waals surface area contributed by atoms with Crippen LogP contribution in [0, 0.1) is 13.8 Å². The average molecular weight is 434 g/mol. The van der Waals surface area contributed by atoms with Gasteiger partial charge in [-0.15, -0.1) is 0 Å². The third kappa shape index (κ3) is 5.04. The van der Waals surface area contributed by atoms with E-state index in [4.69, 9.17) is 21.4 Å². The Labute approximate surface area is 186 Å². The highest BCUT2D eigenvalue weighted by molar-refractivity contribution is 5.79. The van der Waals surface area contributed by atoms with Crippen molar-refractivity contribution in [2.24, 2.45) is 5.73 Å². The van der Waals surface area contributed by atoms with E-state index in [-0.39, 0.29) is 11.8 Å². The van der Waals surface area contributed by atoms with Crippen molar-refractivity contribution in [3.8, 4) is 5.75 Å². The first-order chi connectivity index (χ1) is 15.2. The first-order valence-corrected chi connectivity index (χ1v) is 10.1. The lowest BCUT2D eigenvalue weighted by atomic mass is 9.95. The molecule has 0 amide bonds. The Morgan fingerprint density at radius 2 is 1.78 bits per heavy atom. The lowest BCUT2D eigenvalue weighted by Gasteiger charge is -2.16. The number of hydrogen-bond donors (Lipinski definition) is 4. The summed E-state index contributed by atoms with van der Waals surface area (Å²) in [6, 6.07) is 17.2. The Kier molecular flexibility index (Phi) is 6.75. The standard InChI is InChI=1S/C22H23N5O.C2H4O2/c1-13-5-3-4-6-16(13)21(23)15-8-9-17-19(11-15)27(22(24)26-17)12-18-20(28)10-7-14(2)25-18;1-2(3)4/h3-11,21,28H,12,23H2,1-2H3,(H2,24,26);1H3,(H,3,4). The van der Waals surface area contributed by atoms with Crippen molar-refractivity contribution in [2.45, 2.75) is 33.4 Å². The number of benzene rings is 2. The molecule has 2 aromatic heterocycles. The molecular formula is C24H27N5O3. The minimum atomic E-state index is -0.833. The van der Waals surface area contributed by atoms with Gasteiger partial charge in [-0.2, -0.15) is 0 Å². The minimum absolute atomic E-state index is 0.139. The van der Waals surface area contributed by atoms with Gasteiger partial charge in [0.2, 0.25) is 5.95 Å². The smallest absolute Gasteiger partial charge is 0.300 e. The van der Waals surface area contributed by atoms with Crippen molar-refractivity contribution < 1.29 is 15.0 Å². The van der Waals surface area contributed by atoms with Crippen molar-refractivity contribution in [3.05, 3.63) is 82.7 Å². The predicted molar refractivity (Wildman–Crippen MR) is 124 cm³/mol. The number of hydrogen-bond acceptors (Lipinski definition) is 6. The molecule has 2 heterocycles. The van der Waals surface area contributed by atoms with E-state index in [0.717, 1.165) is 40.3 Å². The summed E-state index contributed by atoms with van der Waals surface area (Å²) in [5, 5.41) is 17.6. The second-order valence-corrected chi connectivity index (χ2v) is 7.58. The van der Waals surface area contributed by atoms with Gasteiger partial charge in [-0.25, -0.2) is 4.98 Å². The van der Waals surface area contributed by atoms with Gasteiger partial charge in [-0.3, -0.25) is 9.78 Å². The fourth-order valence-electron chi connectivity index (χ4n) is 3.50. The summed E-state index contributed by atoms with van der Waals surface area (Å²) >= 11 is 0. The zero-order valence-corrected chi connectivity index (χ0v) is 18.3. The molecule has 0 spiro atoms. The molecule has 0 saturated carbocycles. The van der Waals surface area contributed by atoms with Crippen LogP contribution in [-0.4, -0.2) is 30.7 Å². The molecule has 1 atom stereocenters. The number of nitrogens with two attached hydrogens (primary N) is 2. The van der Waals surface area contributed by atoms with E-state index in [9.17, 15) is 5.11 Å². The highest BCUT2D eigenvalue weighted by atomic mass is 16.4. The highest BCUT2D eigenvalue weighted by Crippen LogP contribution is 2.28. The number of rotatable bonds is 4. The van der Waals surface area contributed by atoms with Crippen LogP contribution in [0.25, 0.3) is 11.0 Å². The van der Waals surface area contributed by atoms with Gasteiger partial charge in [0, 0.05) is 12.6 Å². The molecule has 0 saturated heterocycles. The number of carboxylic acids is 1. The molecule has 0 bridgehead atoms. The SMILES string of the molecule is CC(=O)O.Cc1ccc(O)c(Cn2c(N)nc3ccc(C(N)c4ccccc4C)cc32)n1. The molecule has 0 aliphatic carbocycles. The van der Waals surface area contributed by atoms with Crippen LogP contribution in [0.5, 0.6) is 5.75 Å². The van der Waals surface area contributed by atoms with Gasteiger partial charge in [-0.05, 0) is 54.8 Å². The Hall–Kier alpha value is -3.91. The van der Waals surface area contributed by atoms with E-state index < -0.39 is 5.97 Å². The van der Waals surface area contributed by atoms with Crippen LogP contribution in [0.3, 0.4) is 0 Å². The number of nitrogens with zero attached hydrogens (tertiary/aromatic N) is 3. The normalized spacial score (nSPS) is 11.6. The molecule has 4 rings (SSSR count). The molecule has 6 N–H and O–H groups in total. The van der Waals surface area contributed by atoms with Crippen LogP contribution in [0.4, 0.5) is 5.95 Å². The quantitative estimate of drug-likeness (QED) is 0.386. The van der Waals surface area contributed by atoms with Crippen molar-refractivity contribution in [1.82, 2.24) is 14.5 Å². The molecule has 0 radical (unpaired) electrons. The molecule has 8 nitrogen and oxygen atoms in total. The number of anilines is 1. The number of pyridine rings is 1. The molecule has 8 heteroatoms. The number of carboxylic acid groups (broad SMARTS) is 1. The van der Waals surface area contributed by atoms with Crippen LogP contribution in [0.1, 0.15) is 41.0 Å². The lowest BCUT2D eigenvalue weighted by molar-refractivity contribution is -0.134. The number of carbonyl (C=O) groups is 1. The predicted octanol–water partition coefficient (Wildman–Crippen LogP) is 3.52. The summed E-state index contributed by atoms with van der Waals surface area (Å²) in [7, 11) is 0. The van der Waals surface area contributed by atoms with E-state index in [1.165, 1.54) is 0 Å². The van der Waals surface area contributed by atoms with Gasteiger partial charge >= 0.3 is 0 Å². The van der Waals surface area contributed by atoms with Crippen LogP contribution in [-0.2, 0) is 11.3 Å². The minimum Gasteiger partial charge on any atom is -0.506 e. The second kappa shape index (κ2) is 9.49. The van der Waals surface area contributed by atoms with Gasteiger partial charge in [0.15, 0.2) is 0 Å². The first-order valence-electron chi connectivity index (χ1n) is 10.1. The summed E-state index contributed by atoms with van der Waals surface area (Å²) in [5.74, 6) is -0.320. The van der Waals surface area contributed by atoms with Crippen molar-refractivity contribution >= 4 is 23.0 Å². The number of aliphatic carboxylic acids is 1. The number of nitrogen functional groups attached to an aromatic ring is 1. The molecular weight excluding hydrogens is 406 g/mol. The molecule has 32 heavy (non-hydrogen) atoms. The lowest BCUT2D eigenvalue weighted by Crippen LogP contribution is -2.13. The Morgan fingerprint density at radius 3 is 2.47 bits per heavy atom. The van der Waals surface area contributed by atoms with E-state index in [2.05, 4.69) is 23.0 Å². The summed E-state index contributed by atoms with van der Waals surface area (Å²) in [4.78, 5) is 17.9. The maximum Gasteiger partial charge on any atom is 0.300 e. The van der Waals surface area contributed by atoms with Gasteiger partial charge in [0.25, 0.3) is 5.97 Å². The second-order valence-electron chi connectivity index (χ2n) is 7.58. The summed E-state index contributed by atoms with van der Waals surface area (Å²) < 4.78 is 1.85. The maximum atomic E-state index is 10.2. The van der Waals surface area contributed by atoms with E-state index in [1.54, 1.807) is 12.1 Å². The fourth-order valence-corrected chi connectivity index (χ4v) is 3.50. The first kappa shape index (κ1) is 22.8. The number of aromatic nitrogens is 3. The van der Waals surface area contributed by atoms with Crippen molar-refractivity contribution in [3.63, 3.8) is 0 Å². The van der Waals surface area contributed by atoms with Crippen molar-refractivity contribution in [2.75, 3.05) is 5.73 Å². The van der Waals surface area contributed by atoms with Crippen LogP contribution < -0.4 is 11.5 Å². The molecule has 166 valence electrons. The summed E-state index contributed by atoms with van der Waals surface area (Å²) in [6.45, 7) is 5.36. The maximum absolute atomic E-state index is 10.2. The van der Waals surface area contributed by atoms with Crippen LogP contribution in [0.2, 0.25) is 0 Å². The average Bonchev–Trinajstić information content (AvgIpc) is 3.04. The van der Waals surface area contributed by atoms with Crippen LogP contribution in [0.15, 0.2) is 54.6 Å². The molecule has 1 unspecified atom stereocenters. The largest absolute Gasteiger partial charge is 0.506 e. The van der Waals surface area contributed by atoms with E-state index >= 15 is 0 Å². The third-order valence-electron chi connectivity index (χ3n) is 5.08. The Balaban J connectivity index is 0.000000668. The molecule has 2 aromatic carbocycles. The zero-order valence-electron chi connectivity index (χ0n) is 18.3. The third-order valence-corrected chi connectivity index (χ3v) is 5.08. The number of aryl methyl sites for hydroxylation is 2. The van der Waals surface area contributed by atoms with Gasteiger partial charge in [0.1, 0.15) is 11.4 Å². The fraction of sp³-hybridized carbons (Fsp3) is 0.208. The Morgan fingerprint density at radius 1 is 1.09 bits per heavy atom. The topological polar surface area (TPSA) is 140 Å². The molecule has 0 fully saturated rings. The molecule has 0 aliphatic rings. The van der Waals surface area contributed by atoms with Gasteiger partial charge in [-0.1, -0.05) is 30.3 Å². The van der Waals surface area contributed by atoms with E-state index in [0.29, 0.717) is 18.2 Å². The monoisotopic (exact) mass is 433 g/mol. The number of aromatic hydroxyl groups is 1. The highest BCUT2D eigenvalue weighted by Gasteiger charge is 2.16. The number of imidazole rings is 1. The summed E-state index contributed by atoms with van der Waals surface area (Å²) in [5.41, 5.74) is 19.0. The van der Waals surface area contributed by atoms with E-state index in [1.807, 2.05) is 47.9 Å². The zero-order chi connectivity index (χ0) is 23.4. The molecule has 4 aromatic rings. The van der Waals surface area contributed by atoms with Crippen molar-refractivity contribution in [1.29, 1.82) is 0 Å².